The van der Waals surface area contributed by atoms with Gasteiger partial charge < -0.3 is 14.7 Å². The Bertz CT molecular complexity index is 448. The first kappa shape index (κ1) is 13.8. The average Bonchev–Trinajstić information content (AvgIpc) is 2.64. The minimum absolute atomic E-state index is 0.0868. The first-order valence-corrected chi connectivity index (χ1v) is 6.65. The van der Waals surface area contributed by atoms with Crippen LogP contribution < -0.4 is 4.90 Å². The second-order valence-corrected chi connectivity index (χ2v) is 5.14. The van der Waals surface area contributed by atoms with Gasteiger partial charge in [0.2, 0.25) is 0 Å². The Balaban J connectivity index is 2.19. The van der Waals surface area contributed by atoms with Crippen LogP contribution in [0.2, 0.25) is 0 Å². The van der Waals surface area contributed by atoms with Crippen molar-refractivity contribution in [1.29, 1.82) is 0 Å². The molecule has 1 aliphatic rings. The number of pyridine rings is 1. The lowest BCUT2D eigenvalue weighted by Gasteiger charge is -2.27. The van der Waals surface area contributed by atoms with E-state index in [4.69, 9.17) is 9.84 Å². The monoisotopic (exact) mass is 264 g/mol. The summed E-state index contributed by atoms with van der Waals surface area (Å²) in [4.78, 5) is 17.3. The highest BCUT2D eigenvalue weighted by Crippen LogP contribution is 2.19. The van der Waals surface area contributed by atoms with Gasteiger partial charge in [0.1, 0.15) is 5.82 Å². The molecule has 19 heavy (non-hydrogen) atoms. The third-order valence-electron chi connectivity index (χ3n) is 3.33. The molecule has 5 nitrogen and oxygen atoms in total. The number of nitrogens with zero attached hydrogens (tertiary/aromatic N) is 2. The molecule has 2 rings (SSSR count). The molecule has 0 aliphatic carbocycles. The van der Waals surface area contributed by atoms with Crippen molar-refractivity contribution in [2.45, 2.75) is 26.4 Å². The summed E-state index contributed by atoms with van der Waals surface area (Å²) in [5.74, 6) is 0.160. The van der Waals surface area contributed by atoms with Gasteiger partial charge in [0.05, 0.1) is 6.10 Å². The highest BCUT2D eigenvalue weighted by molar-refractivity contribution is 5.85. The number of rotatable bonds is 3. The standard InChI is InChI=1S/C14H20N2O3/c1-10(2)12-9-16(7-4-8-19-12)13-6-3-5-11(15-13)14(17)18/h3,5-6,10,12H,4,7-9H2,1-2H3,(H,17,18). The number of hydrogen-bond acceptors (Lipinski definition) is 4. The number of anilines is 1. The van der Waals surface area contributed by atoms with Crippen LogP contribution in [0.25, 0.3) is 0 Å². The summed E-state index contributed by atoms with van der Waals surface area (Å²) >= 11 is 0. The Hall–Kier alpha value is -1.62. The number of carboxylic acid groups (broad SMARTS) is 1. The molecule has 104 valence electrons. The van der Waals surface area contributed by atoms with Gasteiger partial charge >= 0.3 is 5.97 Å². The molecule has 0 bridgehead atoms. The maximum Gasteiger partial charge on any atom is 0.354 e. The second kappa shape index (κ2) is 6.02. The third kappa shape index (κ3) is 3.44. The summed E-state index contributed by atoms with van der Waals surface area (Å²) in [7, 11) is 0. The van der Waals surface area contributed by atoms with Crippen LogP contribution in [0.3, 0.4) is 0 Å². The van der Waals surface area contributed by atoms with Crippen molar-refractivity contribution in [3.63, 3.8) is 0 Å². The summed E-state index contributed by atoms with van der Waals surface area (Å²) < 4.78 is 5.81. The summed E-state index contributed by atoms with van der Waals surface area (Å²) in [5, 5.41) is 9.00. The van der Waals surface area contributed by atoms with Gasteiger partial charge in [-0.25, -0.2) is 9.78 Å². The van der Waals surface area contributed by atoms with Crippen LogP contribution in [0.4, 0.5) is 5.82 Å². The molecule has 2 heterocycles. The Labute approximate surface area is 113 Å². The summed E-state index contributed by atoms with van der Waals surface area (Å²) in [5.41, 5.74) is 0.0868. The zero-order valence-electron chi connectivity index (χ0n) is 11.4. The van der Waals surface area contributed by atoms with Crippen LogP contribution in [0.15, 0.2) is 18.2 Å². The number of ether oxygens (including phenoxy) is 1. The number of carboxylic acids is 1. The predicted octanol–water partition coefficient (Wildman–Crippen LogP) is 2.03. The molecule has 1 unspecified atom stereocenters. The topological polar surface area (TPSA) is 62.7 Å². The van der Waals surface area contributed by atoms with E-state index in [0.29, 0.717) is 5.92 Å². The molecule has 1 N–H and O–H groups in total. The lowest BCUT2D eigenvalue weighted by molar-refractivity contribution is 0.0375. The number of aromatic nitrogens is 1. The lowest BCUT2D eigenvalue weighted by Crippen LogP contribution is -2.35. The molecule has 0 radical (unpaired) electrons. The molecule has 1 aromatic rings. The van der Waals surface area contributed by atoms with Crippen LogP contribution in [0.5, 0.6) is 0 Å². The van der Waals surface area contributed by atoms with Gasteiger partial charge in [-0.3, -0.25) is 0 Å². The highest BCUT2D eigenvalue weighted by Gasteiger charge is 2.22. The quantitative estimate of drug-likeness (QED) is 0.905. The molecule has 1 atom stereocenters. The van der Waals surface area contributed by atoms with Gasteiger partial charge in [0, 0.05) is 19.7 Å². The van der Waals surface area contributed by atoms with E-state index in [1.54, 1.807) is 6.07 Å². The highest BCUT2D eigenvalue weighted by atomic mass is 16.5. The molecule has 0 aromatic carbocycles. The zero-order valence-corrected chi connectivity index (χ0v) is 11.4. The van der Waals surface area contributed by atoms with Crippen molar-refractivity contribution in [2.24, 2.45) is 5.92 Å². The SMILES string of the molecule is CC(C)C1CN(c2cccc(C(=O)O)n2)CCCO1. The van der Waals surface area contributed by atoms with E-state index >= 15 is 0 Å². The van der Waals surface area contributed by atoms with Crippen LogP contribution in [-0.4, -0.2) is 41.9 Å². The van der Waals surface area contributed by atoms with Crippen molar-refractivity contribution in [3.05, 3.63) is 23.9 Å². The molecular weight excluding hydrogens is 244 g/mol. The molecule has 5 heteroatoms. The maximum atomic E-state index is 11.0. The van der Waals surface area contributed by atoms with Crippen molar-refractivity contribution in [3.8, 4) is 0 Å². The van der Waals surface area contributed by atoms with E-state index in [1.165, 1.54) is 6.07 Å². The zero-order chi connectivity index (χ0) is 13.8. The Morgan fingerprint density at radius 1 is 1.53 bits per heavy atom. The number of hydrogen-bond donors (Lipinski definition) is 1. The number of carbonyl (C=O) groups is 1. The van der Waals surface area contributed by atoms with Crippen LogP contribution in [-0.2, 0) is 4.74 Å². The van der Waals surface area contributed by atoms with Gasteiger partial charge in [-0.1, -0.05) is 19.9 Å². The van der Waals surface area contributed by atoms with Crippen molar-refractivity contribution in [1.82, 2.24) is 4.98 Å². The average molecular weight is 264 g/mol. The fraction of sp³-hybridized carbons (Fsp3) is 0.571. The van der Waals surface area contributed by atoms with Gasteiger partial charge in [0.15, 0.2) is 5.69 Å². The molecule has 1 saturated heterocycles. The molecular formula is C14H20N2O3. The molecule has 0 amide bonds. The molecule has 1 aromatic heterocycles. The van der Waals surface area contributed by atoms with E-state index in [0.717, 1.165) is 31.9 Å². The molecule has 0 saturated carbocycles. The molecule has 1 fully saturated rings. The summed E-state index contributed by atoms with van der Waals surface area (Å²) in [6.07, 6.45) is 1.10. The van der Waals surface area contributed by atoms with Crippen LogP contribution >= 0.6 is 0 Å². The van der Waals surface area contributed by atoms with Crippen molar-refractivity contribution >= 4 is 11.8 Å². The molecule has 1 aliphatic heterocycles. The number of aromatic carboxylic acids is 1. The van der Waals surface area contributed by atoms with E-state index in [2.05, 4.69) is 23.7 Å². The Morgan fingerprint density at radius 2 is 2.32 bits per heavy atom. The smallest absolute Gasteiger partial charge is 0.354 e. The van der Waals surface area contributed by atoms with Crippen molar-refractivity contribution < 1.29 is 14.6 Å². The van der Waals surface area contributed by atoms with Crippen LogP contribution in [0.1, 0.15) is 30.8 Å². The van der Waals surface area contributed by atoms with E-state index in [-0.39, 0.29) is 11.8 Å². The Kier molecular flexibility index (Phi) is 4.37. The largest absolute Gasteiger partial charge is 0.477 e. The normalized spacial score (nSPS) is 20.4. The van der Waals surface area contributed by atoms with E-state index in [1.807, 2.05) is 6.07 Å². The minimum atomic E-state index is -0.992. The van der Waals surface area contributed by atoms with E-state index < -0.39 is 5.97 Å². The second-order valence-electron chi connectivity index (χ2n) is 5.14. The van der Waals surface area contributed by atoms with E-state index in [9.17, 15) is 4.79 Å². The Morgan fingerprint density at radius 3 is 3.00 bits per heavy atom. The molecule has 0 spiro atoms. The minimum Gasteiger partial charge on any atom is -0.477 e. The van der Waals surface area contributed by atoms with Gasteiger partial charge in [-0.2, -0.15) is 0 Å². The fourth-order valence-corrected chi connectivity index (χ4v) is 2.18. The summed E-state index contributed by atoms with van der Waals surface area (Å²) in [6, 6.07) is 5.11. The predicted molar refractivity (Wildman–Crippen MR) is 72.6 cm³/mol. The fourth-order valence-electron chi connectivity index (χ4n) is 2.18. The van der Waals surface area contributed by atoms with Crippen LogP contribution in [0, 0.1) is 5.92 Å². The summed E-state index contributed by atoms with van der Waals surface area (Å²) in [6.45, 7) is 6.62. The third-order valence-corrected chi connectivity index (χ3v) is 3.33. The van der Waals surface area contributed by atoms with Gasteiger partial charge in [-0.05, 0) is 24.5 Å². The van der Waals surface area contributed by atoms with Crippen molar-refractivity contribution in [2.75, 3.05) is 24.6 Å². The first-order valence-electron chi connectivity index (χ1n) is 6.65. The van der Waals surface area contributed by atoms with Gasteiger partial charge in [-0.15, -0.1) is 0 Å². The first-order chi connectivity index (χ1) is 9.08. The lowest BCUT2D eigenvalue weighted by atomic mass is 10.1. The maximum absolute atomic E-state index is 11.0. The van der Waals surface area contributed by atoms with Gasteiger partial charge in [0.25, 0.3) is 0 Å².